The summed E-state index contributed by atoms with van der Waals surface area (Å²) in [5, 5.41) is 0. The molecule has 0 fully saturated rings. The minimum atomic E-state index is -0.483. The van der Waals surface area contributed by atoms with Crippen LogP contribution in [0.15, 0.2) is 46.9 Å². The Kier molecular flexibility index (Phi) is 4.91. The van der Waals surface area contributed by atoms with E-state index in [0.29, 0.717) is 11.1 Å². The molecule has 0 amide bonds. The number of ether oxygens (including phenoxy) is 1. The van der Waals surface area contributed by atoms with Crippen LogP contribution in [0.2, 0.25) is 0 Å². The second kappa shape index (κ2) is 6.68. The van der Waals surface area contributed by atoms with Crippen LogP contribution in [0.1, 0.15) is 31.8 Å². The van der Waals surface area contributed by atoms with Gasteiger partial charge in [0.25, 0.3) is 0 Å². The second-order valence-electron chi connectivity index (χ2n) is 4.81. The maximum atomic E-state index is 11.9. The first-order valence-electron chi connectivity index (χ1n) is 6.50. The van der Waals surface area contributed by atoms with Crippen molar-refractivity contribution in [2.45, 2.75) is 13.8 Å². The summed E-state index contributed by atoms with van der Waals surface area (Å²) in [5.74, 6) is -0.705. The van der Waals surface area contributed by atoms with Crippen LogP contribution in [0.4, 0.5) is 0 Å². The summed E-state index contributed by atoms with van der Waals surface area (Å²) in [6.45, 7) is 3.65. The van der Waals surface area contributed by atoms with Crippen LogP contribution in [-0.4, -0.2) is 18.4 Å². The van der Waals surface area contributed by atoms with Gasteiger partial charge in [0, 0.05) is 10.0 Å². The highest BCUT2D eigenvalue weighted by Crippen LogP contribution is 2.13. The van der Waals surface area contributed by atoms with Gasteiger partial charge in [-0.25, -0.2) is 4.79 Å². The van der Waals surface area contributed by atoms with Gasteiger partial charge in [0.2, 0.25) is 0 Å². The molecule has 0 heterocycles. The summed E-state index contributed by atoms with van der Waals surface area (Å²) in [6.07, 6.45) is 0. The first-order chi connectivity index (χ1) is 9.97. The van der Waals surface area contributed by atoms with Crippen molar-refractivity contribution >= 4 is 27.7 Å². The first-order valence-corrected chi connectivity index (χ1v) is 7.30. The number of halogens is 1. The highest BCUT2D eigenvalue weighted by Gasteiger charge is 2.12. The summed E-state index contributed by atoms with van der Waals surface area (Å²) in [4.78, 5) is 23.8. The molecule has 0 aliphatic carbocycles. The molecule has 3 nitrogen and oxygen atoms in total. The first kappa shape index (κ1) is 15.4. The van der Waals surface area contributed by atoms with Gasteiger partial charge in [-0.15, -0.1) is 0 Å². The van der Waals surface area contributed by atoms with E-state index in [1.807, 2.05) is 19.9 Å². The number of carbonyl (C=O) groups is 2. The van der Waals surface area contributed by atoms with Crippen molar-refractivity contribution in [2.75, 3.05) is 6.61 Å². The summed E-state index contributed by atoms with van der Waals surface area (Å²) in [6, 6.07) is 12.3. The fourth-order valence-corrected chi connectivity index (χ4v) is 2.07. The molecule has 0 radical (unpaired) electrons. The quantitative estimate of drug-likeness (QED) is 0.618. The third-order valence-corrected chi connectivity index (χ3v) is 3.77. The van der Waals surface area contributed by atoms with Gasteiger partial charge in [-0.2, -0.15) is 0 Å². The lowest BCUT2D eigenvalue weighted by atomic mass is 10.1. The molecule has 0 atom stereocenters. The molecule has 2 aromatic carbocycles. The van der Waals surface area contributed by atoms with Gasteiger partial charge in [-0.1, -0.05) is 34.1 Å². The summed E-state index contributed by atoms with van der Waals surface area (Å²) < 4.78 is 5.96. The molecule has 2 rings (SSSR count). The Balaban J connectivity index is 1.98. The molecule has 0 saturated heterocycles. The van der Waals surface area contributed by atoms with E-state index in [9.17, 15) is 9.59 Å². The van der Waals surface area contributed by atoms with Crippen molar-refractivity contribution in [1.82, 2.24) is 0 Å². The minimum Gasteiger partial charge on any atom is -0.454 e. The molecule has 2 aromatic rings. The third kappa shape index (κ3) is 4.02. The molecule has 108 valence electrons. The lowest BCUT2D eigenvalue weighted by Gasteiger charge is -2.06. The smallest absolute Gasteiger partial charge is 0.338 e. The van der Waals surface area contributed by atoms with E-state index in [-0.39, 0.29) is 12.4 Å². The number of esters is 1. The maximum Gasteiger partial charge on any atom is 0.338 e. The number of hydrogen-bond acceptors (Lipinski definition) is 3. The van der Waals surface area contributed by atoms with E-state index >= 15 is 0 Å². The van der Waals surface area contributed by atoms with Gasteiger partial charge >= 0.3 is 5.97 Å². The van der Waals surface area contributed by atoms with Crippen molar-refractivity contribution < 1.29 is 14.3 Å². The molecule has 21 heavy (non-hydrogen) atoms. The zero-order valence-electron chi connectivity index (χ0n) is 11.9. The molecular formula is C17H15BrO3. The van der Waals surface area contributed by atoms with Gasteiger partial charge in [-0.05, 0) is 49.2 Å². The van der Waals surface area contributed by atoms with Crippen LogP contribution >= 0.6 is 15.9 Å². The summed E-state index contributed by atoms with van der Waals surface area (Å²) in [7, 11) is 0. The predicted molar refractivity (Wildman–Crippen MR) is 84.7 cm³/mol. The van der Waals surface area contributed by atoms with E-state index in [1.54, 1.807) is 36.4 Å². The molecule has 0 bridgehead atoms. The zero-order chi connectivity index (χ0) is 15.4. The van der Waals surface area contributed by atoms with Gasteiger partial charge in [-0.3, -0.25) is 4.79 Å². The minimum absolute atomic E-state index is 0.223. The van der Waals surface area contributed by atoms with E-state index in [2.05, 4.69) is 15.9 Å². The molecule has 0 saturated carbocycles. The average molecular weight is 347 g/mol. The number of benzene rings is 2. The maximum absolute atomic E-state index is 11.9. The van der Waals surface area contributed by atoms with E-state index in [1.165, 1.54) is 0 Å². The molecule has 0 unspecified atom stereocenters. The summed E-state index contributed by atoms with van der Waals surface area (Å²) >= 11 is 3.30. The number of Topliss-reactive ketones (excluding diaryl/α,β-unsaturated/α-hetero) is 1. The highest BCUT2D eigenvalue weighted by atomic mass is 79.9. The van der Waals surface area contributed by atoms with Crippen LogP contribution in [0.5, 0.6) is 0 Å². The van der Waals surface area contributed by atoms with Crippen molar-refractivity contribution in [3.63, 3.8) is 0 Å². The molecule has 0 aliphatic heterocycles. The van der Waals surface area contributed by atoms with Gasteiger partial charge in [0.15, 0.2) is 12.4 Å². The van der Waals surface area contributed by atoms with Crippen LogP contribution in [-0.2, 0) is 4.74 Å². The Morgan fingerprint density at radius 1 is 0.952 bits per heavy atom. The average Bonchev–Trinajstić information content (AvgIpc) is 2.48. The number of hydrogen-bond donors (Lipinski definition) is 0. The zero-order valence-corrected chi connectivity index (χ0v) is 13.4. The van der Waals surface area contributed by atoms with Crippen molar-refractivity contribution in [3.8, 4) is 0 Å². The van der Waals surface area contributed by atoms with Crippen LogP contribution in [0.25, 0.3) is 0 Å². The van der Waals surface area contributed by atoms with Crippen molar-refractivity contribution in [3.05, 3.63) is 69.2 Å². The van der Waals surface area contributed by atoms with Crippen LogP contribution in [0.3, 0.4) is 0 Å². The van der Waals surface area contributed by atoms with Crippen molar-refractivity contribution in [2.24, 2.45) is 0 Å². The Morgan fingerprint density at radius 3 is 2.19 bits per heavy atom. The third-order valence-electron chi connectivity index (χ3n) is 3.24. The van der Waals surface area contributed by atoms with E-state index in [4.69, 9.17) is 4.74 Å². The largest absolute Gasteiger partial charge is 0.454 e. The Morgan fingerprint density at radius 2 is 1.57 bits per heavy atom. The number of aryl methyl sites for hydroxylation is 2. The van der Waals surface area contributed by atoms with Crippen LogP contribution in [0, 0.1) is 13.8 Å². The number of carbonyl (C=O) groups excluding carboxylic acids is 2. The Hall–Kier alpha value is -1.94. The molecule has 4 heteroatoms. The van der Waals surface area contributed by atoms with E-state index in [0.717, 1.165) is 15.6 Å². The molecular weight excluding hydrogens is 332 g/mol. The van der Waals surface area contributed by atoms with E-state index < -0.39 is 5.97 Å². The summed E-state index contributed by atoms with van der Waals surface area (Å²) in [5.41, 5.74) is 3.11. The van der Waals surface area contributed by atoms with Gasteiger partial charge in [0.05, 0.1) is 5.56 Å². The number of rotatable bonds is 4. The molecule has 0 N–H and O–H groups in total. The standard InChI is InChI=1S/C17H15BrO3/c1-11-3-4-14(9-12(11)2)17(20)21-10-16(19)13-5-7-15(18)8-6-13/h3-9H,10H2,1-2H3. The molecule has 0 aliphatic rings. The lowest BCUT2D eigenvalue weighted by Crippen LogP contribution is -2.14. The van der Waals surface area contributed by atoms with Gasteiger partial charge in [0.1, 0.15) is 0 Å². The second-order valence-corrected chi connectivity index (χ2v) is 5.72. The number of ketones is 1. The van der Waals surface area contributed by atoms with Crippen LogP contribution < -0.4 is 0 Å². The fraction of sp³-hybridized carbons (Fsp3) is 0.176. The van der Waals surface area contributed by atoms with Gasteiger partial charge < -0.3 is 4.74 Å². The Labute approximate surface area is 132 Å². The fourth-order valence-electron chi connectivity index (χ4n) is 1.80. The topological polar surface area (TPSA) is 43.4 Å². The van der Waals surface area contributed by atoms with Crippen molar-refractivity contribution in [1.29, 1.82) is 0 Å². The molecule has 0 aromatic heterocycles. The molecule has 0 spiro atoms. The Bertz CT molecular complexity index is 675. The predicted octanol–water partition coefficient (Wildman–Crippen LogP) is 4.11. The normalized spacial score (nSPS) is 10.2. The lowest BCUT2D eigenvalue weighted by molar-refractivity contribution is 0.0474. The SMILES string of the molecule is Cc1ccc(C(=O)OCC(=O)c2ccc(Br)cc2)cc1C. The monoisotopic (exact) mass is 346 g/mol. The highest BCUT2D eigenvalue weighted by molar-refractivity contribution is 9.10.